The van der Waals surface area contributed by atoms with E-state index in [1.54, 1.807) is 36.3 Å². The predicted octanol–water partition coefficient (Wildman–Crippen LogP) is 3.22. The van der Waals surface area contributed by atoms with Crippen LogP contribution in [0.15, 0.2) is 36.5 Å². The largest absolute Gasteiger partial charge is 0.447 e. The van der Waals surface area contributed by atoms with E-state index in [1.165, 1.54) is 24.0 Å². The molecule has 9 heteroatoms. The molecular weight excluding hydrogens is 460 g/mol. The summed E-state index contributed by atoms with van der Waals surface area (Å²) < 4.78 is 15.8. The molecule has 0 radical (unpaired) electrons. The Morgan fingerprint density at radius 3 is 2.53 bits per heavy atom. The van der Waals surface area contributed by atoms with E-state index in [0.29, 0.717) is 50.1 Å². The number of rotatable bonds is 9. The number of cyclic esters (lactones) is 1. The summed E-state index contributed by atoms with van der Waals surface area (Å²) in [5.41, 5.74) is 3.85. The molecule has 2 aliphatic heterocycles. The van der Waals surface area contributed by atoms with Gasteiger partial charge in [0, 0.05) is 50.7 Å². The normalized spacial score (nSPS) is 20.1. The van der Waals surface area contributed by atoms with Crippen molar-refractivity contribution in [1.82, 2.24) is 9.88 Å². The summed E-state index contributed by atoms with van der Waals surface area (Å²) in [4.78, 5) is 35.9. The first-order chi connectivity index (χ1) is 17.5. The molecule has 2 aromatic rings. The topological polar surface area (TPSA) is 84.4 Å². The van der Waals surface area contributed by atoms with Gasteiger partial charge in [-0.2, -0.15) is 0 Å². The van der Waals surface area contributed by atoms with Crippen molar-refractivity contribution in [2.75, 3.05) is 69.5 Å². The summed E-state index contributed by atoms with van der Waals surface area (Å²) in [7, 11) is 1.62. The van der Waals surface area contributed by atoms with E-state index < -0.39 is 6.09 Å². The van der Waals surface area contributed by atoms with Crippen LogP contribution in [0.4, 0.5) is 16.3 Å². The van der Waals surface area contributed by atoms with Gasteiger partial charge in [-0.05, 0) is 61.1 Å². The van der Waals surface area contributed by atoms with Crippen LogP contribution < -0.4 is 9.80 Å². The van der Waals surface area contributed by atoms with Gasteiger partial charge >= 0.3 is 6.09 Å². The second-order valence-electron chi connectivity index (χ2n) is 9.68. The van der Waals surface area contributed by atoms with E-state index in [-0.39, 0.29) is 18.6 Å². The van der Waals surface area contributed by atoms with Crippen molar-refractivity contribution in [1.29, 1.82) is 0 Å². The number of carbonyl (C=O) groups excluding carboxylic acids is 2. The number of aromatic nitrogens is 1. The summed E-state index contributed by atoms with van der Waals surface area (Å²) in [6, 6.07) is 9.21. The molecule has 1 aromatic carbocycles. The molecule has 1 atom stereocenters. The van der Waals surface area contributed by atoms with Crippen LogP contribution >= 0.6 is 0 Å². The van der Waals surface area contributed by atoms with Crippen LogP contribution in [0.5, 0.6) is 0 Å². The molecule has 1 aliphatic carbocycles. The minimum atomic E-state index is -0.403. The van der Waals surface area contributed by atoms with Gasteiger partial charge < -0.3 is 24.0 Å². The molecule has 0 N–H and O–H groups in total. The van der Waals surface area contributed by atoms with Gasteiger partial charge in [0.1, 0.15) is 12.4 Å². The van der Waals surface area contributed by atoms with Gasteiger partial charge in [0.05, 0.1) is 25.9 Å². The molecule has 2 saturated heterocycles. The van der Waals surface area contributed by atoms with Gasteiger partial charge in [-0.15, -0.1) is 0 Å². The van der Waals surface area contributed by atoms with Crippen molar-refractivity contribution < 1.29 is 23.8 Å². The molecule has 5 rings (SSSR count). The molecule has 3 aliphatic rings. The number of piperazine rings is 1. The van der Waals surface area contributed by atoms with Gasteiger partial charge in [0.2, 0.25) is 0 Å². The first-order valence-electron chi connectivity index (χ1n) is 12.7. The van der Waals surface area contributed by atoms with Crippen LogP contribution in [-0.4, -0.2) is 87.6 Å². The van der Waals surface area contributed by atoms with Crippen LogP contribution in [0.2, 0.25) is 0 Å². The zero-order valence-electron chi connectivity index (χ0n) is 21.0. The lowest BCUT2D eigenvalue weighted by atomic mass is 10.1. The fraction of sp³-hybridized carbons (Fsp3) is 0.519. The monoisotopic (exact) mass is 494 g/mol. The van der Waals surface area contributed by atoms with Crippen LogP contribution in [0.1, 0.15) is 40.2 Å². The zero-order valence-corrected chi connectivity index (χ0v) is 21.0. The summed E-state index contributed by atoms with van der Waals surface area (Å²) in [5.74, 6) is 1.72. The Kier molecular flexibility index (Phi) is 7.38. The highest BCUT2D eigenvalue weighted by atomic mass is 16.6. The van der Waals surface area contributed by atoms with Crippen LogP contribution in [0, 0.1) is 6.92 Å². The number of nitrogens with zero attached hydrogens (tertiary/aromatic N) is 4. The molecular formula is C27H34N4O5. The third kappa shape index (κ3) is 5.32. The lowest BCUT2D eigenvalue weighted by Crippen LogP contribution is -2.49. The summed E-state index contributed by atoms with van der Waals surface area (Å²) >= 11 is 0. The molecule has 1 saturated carbocycles. The third-order valence-electron chi connectivity index (χ3n) is 7.08. The van der Waals surface area contributed by atoms with Crippen LogP contribution in [0.3, 0.4) is 0 Å². The van der Waals surface area contributed by atoms with Crippen molar-refractivity contribution in [3.63, 3.8) is 0 Å². The van der Waals surface area contributed by atoms with Crippen LogP contribution in [-0.2, 0) is 14.2 Å². The lowest BCUT2D eigenvalue weighted by Gasteiger charge is -2.36. The highest BCUT2D eigenvalue weighted by Gasteiger charge is 2.34. The average molecular weight is 495 g/mol. The number of ether oxygens (including phenoxy) is 3. The highest BCUT2D eigenvalue weighted by molar-refractivity contribution is 5.96. The number of pyridine rings is 1. The molecule has 2 amide bonds. The fourth-order valence-corrected chi connectivity index (χ4v) is 4.89. The van der Waals surface area contributed by atoms with Crippen molar-refractivity contribution >= 4 is 23.5 Å². The Labute approximate surface area is 211 Å². The molecule has 3 fully saturated rings. The Morgan fingerprint density at radius 1 is 1.11 bits per heavy atom. The summed E-state index contributed by atoms with van der Waals surface area (Å²) in [5, 5.41) is 0. The minimum absolute atomic E-state index is 0.00147. The van der Waals surface area contributed by atoms with Crippen LogP contribution in [0.25, 0.3) is 0 Å². The maximum absolute atomic E-state index is 13.2. The van der Waals surface area contributed by atoms with E-state index >= 15 is 0 Å². The second-order valence-corrected chi connectivity index (χ2v) is 9.68. The van der Waals surface area contributed by atoms with E-state index in [2.05, 4.69) is 17.9 Å². The maximum Gasteiger partial charge on any atom is 0.414 e. The lowest BCUT2D eigenvalue weighted by molar-refractivity contribution is 0.0614. The number of benzene rings is 1. The number of hydrogen-bond donors (Lipinski definition) is 0. The molecule has 3 heterocycles. The fourth-order valence-electron chi connectivity index (χ4n) is 4.89. The highest BCUT2D eigenvalue weighted by Crippen LogP contribution is 2.40. The number of methoxy groups -OCH3 is 1. The average Bonchev–Trinajstić information content (AvgIpc) is 3.69. The Morgan fingerprint density at radius 2 is 1.86 bits per heavy atom. The van der Waals surface area contributed by atoms with Gasteiger partial charge in [-0.1, -0.05) is 6.07 Å². The minimum Gasteiger partial charge on any atom is -0.447 e. The van der Waals surface area contributed by atoms with E-state index in [0.717, 1.165) is 18.9 Å². The quantitative estimate of drug-likeness (QED) is 0.495. The van der Waals surface area contributed by atoms with Crippen molar-refractivity contribution in [2.45, 2.75) is 31.7 Å². The molecule has 9 nitrogen and oxygen atoms in total. The smallest absolute Gasteiger partial charge is 0.414 e. The number of aryl methyl sites for hydroxylation is 1. The molecule has 0 bridgehead atoms. The Hall–Kier alpha value is -3.17. The first kappa shape index (κ1) is 24.5. The standard InChI is InChI=1S/C27H34N4O5/c1-19-15-22(20-3-4-20)16-28-25(19)29-9-11-30(12-10-29)26(32)21-5-7-23(8-6-21)31-24(18-36-27(31)33)17-35-14-13-34-2/h5-8,15-16,20,24H,3-4,9-14,17-18H2,1-2H3. The Balaban J connectivity index is 1.17. The van der Waals surface area contributed by atoms with Crippen molar-refractivity contribution in [2.24, 2.45) is 0 Å². The number of carbonyl (C=O) groups is 2. The summed E-state index contributed by atoms with van der Waals surface area (Å²) in [6.45, 7) is 6.50. The Bertz CT molecular complexity index is 1080. The molecule has 0 spiro atoms. The van der Waals surface area contributed by atoms with Crippen molar-refractivity contribution in [3.05, 3.63) is 53.2 Å². The van der Waals surface area contributed by atoms with Crippen molar-refractivity contribution in [3.8, 4) is 0 Å². The summed E-state index contributed by atoms with van der Waals surface area (Å²) in [6.07, 6.45) is 4.16. The SMILES string of the molecule is COCCOCC1COC(=O)N1c1ccc(C(=O)N2CCN(c3ncc(C4CC4)cc3C)CC2)cc1. The molecule has 1 unspecified atom stereocenters. The second kappa shape index (κ2) is 10.8. The maximum atomic E-state index is 13.2. The van der Waals surface area contributed by atoms with Gasteiger partial charge in [0.15, 0.2) is 0 Å². The van der Waals surface area contributed by atoms with Gasteiger partial charge in [-0.3, -0.25) is 9.69 Å². The molecule has 192 valence electrons. The predicted molar refractivity (Wildman–Crippen MR) is 136 cm³/mol. The van der Waals surface area contributed by atoms with Gasteiger partial charge in [-0.25, -0.2) is 9.78 Å². The number of anilines is 2. The third-order valence-corrected chi connectivity index (χ3v) is 7.08. The number of hydrogen-bond acceptors (Lipinski definition) is 7. The first-order valence-corrected chi connectivity index (χ1v) is 12.7. The van der Waals surface area contributed by atoms with E-state index in [9.17, 15) is 9.59 Å². The zero-order chi connectivity index (χ0) is 25.1. The molecule has 36 heavy (non-hydrogen) atoms. The van der Waals surface area contributed by atoms with Gasteiger partial charge in [0.25, 0.3) is 5.91 Å². The van der Waals surface area contributed by atoms with E-state index in [1.807, 2.05) is 11.1 Å². The number of amides is 2. The molecule has 1 aromatic heterocycles. The van der Waals surface area contributed by atoms with E-state index in [4.69, 9.17) is 19.2 Å².